The van der Waals surface area contributed by atoms with E-state index in [4.69, 9.17) is 42.0 Å². The molecule has 2 aromatic heterocycles. The van der Waals surface area contributed by atoms with E-state index >= 15 is 4.57 Å². The van der Waals surface area contributed by atoms with Gasteiger partial charge in [0.2, 0.25) is 0 Å². The second-order valence-electron chi connectivity index (χ2n) is 17.0. The number of H-pyrrole nitrogens is 2. The highest BCUT2D eigenvalue weighted by molar-refractivity contribution is 7.48. The van der Waals surface area contributed by atoms with Gasteiger partial charge in [-0.3, -0.25) is 42.3 Å². The quantitative estimate of drug-likeness (QED) is 0.0805. The smallest absolute Gasteiger partial charge is 0.475 e. The first-order chi connectivity index (χ1) is 33.9. The standard InChI is InChI=1S/C50H51N4O15P/c1-31-27-53(48(58)51-45(31)55)44-26-40(41(66-44)29-63-50(34-14-8-5-9-15-34,35-16-20-37(61-2)21-17-35)36-18-22-38(62-3)23-19-36)69-70(60)64-24-10-13-33-28-54(49(59)52-46(33)56)43-25-39(42(67-43)30-65-70)68-47(57)32-11-6-4-7-12-32/h4-9,11-12,14-23,27-28,39-44H,10,13,24-26,29-30H2,1-3H3,(H,51,55,58)(H,52,56,59)/t39-,40-,41+,42+,43+,44+,70?/m0/s1. The van der Waals surface area contributed by atoms with Gasteiger partial charge in [-0.1, -0.05) is 72.8 Å². The van der Waals surface area contributed by atoms with Crippen molar-refractivity contribution in [2.75, 3.05) is 34.0 Å². The lowest BCUT2D eigenvalue weighted by Crippen LogP contribution is -2.38. The number of fused-ring (bicyclic) bond motifs is 5. The van der Waals surface area contributed by atoms with Gasteiger partial charge in [-0.15, -0.1) is 0 Å². The Kier molecular flexibility index (Phi) is 14.3. The number of phosphoric acid groups is 1. The number of aromatic amines is 2. The number of nitrogens with one attached hydrogen (secondary N) is 2. The van der Waals surface area contributed by atoms with Crippen molar-refractivity contribution in [3.8, 4) is 11.5 Å². The molecule has 2 N–H and O–H groups in total. The number of phosphoric ester groups is 1. The van der Waals surface area contributed by atoms with Gasteiger partial charge in [0, 0.05) is 36.4 Å². The first kappa shape index (κ1) is 48.3. The number of rotatable bonds is 13. The van der Waals surface area contributed by atoms with Crippen LogP contribution in [0.5, 0.6) is 11.5 Å². The SMILES string of the molecule is COc1ccc(C(OC[C@H]2O[C@@H](n3cc(C)c(=O)[nH]c3=O)C[C@@H]2OP2(=O)OCCCc3cn(c(=O)[nH]c3=O)[C@H]3C[C@H](OC(=O)c4ccccc4)[C@@H](CO2)O3)(c2ccccc2)c2ccc(OC)cc2)cc1. The lowest BCUT2D eigenvalue weighted by atomic mass is 9.80. The van der Waals surface area contributed by atoms with Gasteiger partial charge in [0.05, 0.1) is 39.6 Å². The van der Waals surface area contributed by atoms with Crippen LogP contribution in [0, 0.1) is 6.92 Å². The molecule has 70 heavy (non-hydrogen) atoms. The fourth-order valence-corrected chi connectivity index (χ4v) is 10.4. The molecule has 4 bridgehead atoms. The molecule has 0 amide bonds. The minimum Gasteiger partial charge on any atom is -0.497 e. The molecule has 2 fully saturated rings. The number of methoxy groups -OCH3 is 2. The molecule has 4 aromatic carbocycles. The maximum absolute atomic E-state index is 15.2. The number of esters is 1. The molecule has 5 heterocycles. The molecule has 0 radical (unpaired) electrons. The van der Waals surface area contributed by atoms with Crippen LogP contribution in [0.25, 0.3) is 0 Å². The number of nitrogens with zero attached hydrogens (tertiary/aromatic N) is 2. The van der Waals surface area contributed by atoms with Gasteiger partial charge in [0.25, 0.3) is 11.1 Å². The molecule has 1 unspecified atom stereocenters. The van der Waals surface area contributed by atoms with Gasteiger partial charge in [-0.05, 0) is 72.9 Å². The van der Waals surface area contributed by atoms with Gasteiger partial charge in [-0.2, -0.15) is 0 Å². The topological polar surface area (TPSA) is 227 Å². The number of carbonyl (C=O) groups excluding carboxylic acids is 1. The van der Waals surface area contributed by atoms with Crippen molar-refractivity contribution in [2.45, 2.75) is 75.1 Å². The molecule has 3 aliphatic heterocycles. The summed E-state index contributed by atoms with van der Waals surface area (Å²) >= 11 is 0. The molecule has 19 nitrogen and oxygen atoms in total. The van der Waals surface area contributed by atoms with E-state index in [9.17, 15) is 24.0 Å². The zero-order chi connectivity index (χ0) is 49.0. The number of hydrogen-bond acceptors (Lipinski definition) is 15. The summed E-state index contributed by atoms with van der Waals surface area (Å²) in [4.78, 5) is 70.0. The minimum atomic E-state index is -4.71. The highest BCUT2D eigenvalue weighted by atomic mass is 31.2. The summed E-state index contributed by atoms with van der Waals surface area (Å²) in [6, 6.07) is 32.6. The summed E-state index contributed by atoms with van der Waals surface area (Å²) in [5, 5.41) is 0. The summed E-state index contributed by atoms with van der Waals surface area (Å²) in [7, 11) is -1.56. The van der Waals surface area contributed by atoms with Gasteiger partial charge < -0.3 is 28.4 Å². The molecule has 366 valence electrons. The van der Waals surface area contributed by atoms with Gasteiger partial charge >= 0.3 is 25.2 Å². The van der Waals surface area contributed by atoms with Crippen LogP contribution in [-0.2, 0) is 49.1 Å². The first-order valence-corrected chi connectivity index (χ1v) is 24.1. The first-order valence-electron chi connectivity index (χ1n) is 22.7. The zero-order valence-corrected chi connectivity index (χ0v) is 39.3. The van der Waals surface area contributed by atoms with E-state index in [2.05, 4.69) is 9.97 Å². The Hall–Kier alpha value is -6.70. The molecular weight excluding hydrogens is 928 g/mol. The normalized spacial score (nSPS) is 23.6. The lowest BCUT2D eigenvalue weighted by molar-refractivity contribution is -0.0962. The Bertz CT molecular complexity index is 3040. The van der Waals surface area contributed by atoms with Crippen LogP contribution in [-0.4, -0.2) is 83.5 Å². The van der Waals surface area contributed by atoms with E-state index in [0.717, 1.165) is 5.56 Å². The van der Waals surface area contributed by atoms with Crippen LogP contribution in [0.1, 0.15) is 69.9 Å². The fourth-order valence-electron chi connectivity index (χ4n) is 8.93. The van der Waals surface area contributed by atoms with E-state index in [1.807, 2.05) is 78.9 Å². The highest BCUT2D eigenvalue weighted by Gasteiger charge is 2.48. The van der Waals surface area contributed by atoms with E-state index < -0.39 is 85.4 Å². The van der Waals surface area contributed by atoms with Crippen molar-refractivity contribution in [1.29, 1.82) is 0 Å². The third kappa shape index (κ3) is 10.1. The second kappa shape index (κ2) is 20.7. The summed E-state index contributed by atoms with van der Waals surface area (Å²) in [5.74, 6) is 0.554. The van der Waals surface area contributed by atoms with Crippen molar-refractivity contribution in [2.24, 2.45) is 0 Å². The number of aromatic nitrogens is 4. The molecule has 0 spiro atoms. The van der Waals surface area contributed by atoms with Crippen LogP contribution in [0.15, 0.2) is 141 Å². The summed E-state index contributed by atoms with van der Waals surface area (Å²) in [6.45, 7) is 0.557. The molecule has 7 atom stereocenters. The third-order valence-electron chi connectivity index (χ3n) is 12.6. The van der Waals surface area contributed by atoms with E-state index in [1.165, 1.54) is 21.5 Å². The maximum atomic E-state index is 15.2. The fraction of sp³-hybridized carbons (Fsp3) is 0.340. The molecule has 0 aliphatic carbocycles. The molecular formula is C50H51N4O15P. The predicted molar refractivity (Wildman–Crippen MR) is 251 cm³/mol. The molecule has 9 rings (SSSR count). The summed E-state index contributed by atoms with van der Waals surface area (Å²) in [5.41, 5.74) is -1.12. The van der Waals surface area contributed by atoms with Gasteiger partial charge in [0.15, 0.2) is 0 Å². The molecule has 3 aliphatic rings. The van der Waals surface area contributed by atoms with Crippen LogP contribution in [0.4, 0.5) is 0 Å². The number of ether oxygens (including phenoxy) is 6. The van der Waals surface area contributed by atoms with Crippen LogP contribution < -0.4 is 32.0 Å². The molecule has 0 saturated carbocycles. The number of hydrogen-bond donors (Lipinski definition) is 2. The monoisotopic (exact) mass is 978 g/mol. The van der Waals surface area contributed by atoms with E-state index in [1.54, 1.807) is 51.5 Å². The van der Waals surface area contributed by atoms with Crippen LogP contribution in [0.3, 0.4) is 0 Å². The molecule has 6 aromatic rings. The Morgan fingerprint density at radius 3 is 1.93 bits per heavy atom. The predicted octanol–water partition coefficient (Wildman–Crippen LogP) is 5.69. The van der Waals surface area contributed by atoms with Crippen LogP contribution in [0.2, 0.25) is 0 Å². The highest BCUT2D eigenvalue weighted by Crippen LogP contribution is 2.54. The average Bonchev–Trinajstić information content (AvgIpc) is 3.97. The largest absolute Gasteiger partial charge is 0.497 e. The van der Waals surface area contributed by atoms with Crippen molar-refractivity contribution in [3.05, 3.63) is 197 Å². The minimum absolute atomic E-state index is 0.0273. The Morgan fingerprint density at radius 2 is 1.29 bits per heavy atom. The molecule has 2 saturated heterocycles. The lowest BCUT2D eigenvalue weighted by Gasteiger charge is -2.37. The Balaban J connectivity index is 1.07. The van der Waals surface area contributed by atoms with Crippen molar-refractivity contribution in [1.82, 2.24) is 19.1 Å². The zero-order valence-electron chi connectivity index (χ0n) is 38.4. The molecule has 20 heteroatoms. The second-order valence-corrected chi connectivity index (χ2v) is 18.6. The number of aryl methyl sites for hydroxylation is 2. The Morgan fingerprint density at radius 1 is 0.714 bits per heavy atom. The third-order valence-corrected chi connectivity index (χ3v) is 14.1. The van der Waals surface area contributed by atoms with Gasteiger partial charge in [0.1, 0.15) is 54.0 Å². The van der Waals surface area contributed by atoms with Crippen LogP contribution >= 0.6 is 7.82 Å². The number of benzene rings is 4. The Labute approximate surface area is 400 Å². The summed E-state index contributed by atoms with van der Waals surface area (Å²) in [6.07, 6.45) is -3.63. The van der Waals surface area contributed by atoms with E-state index in [-0.39, 0.29) is 55.6 Å². The maximum Gasteiger partial charge on any atom is 0.475 e. The van der Waals surface area contributed by atoms with Gasteiger partial charge in [-0.25, -0.2) is 18.9 Å². The number of carbonyl (C=O) groups is 1. The average molecular weight is 979 g/mol. The van der Waals surface area contributed by atoms with Crippen molar-refractivity contribution >= 4 is 13.8 Å². The van der Waals surface area contributed by atoms with E-state index in [0.29, 0.717) is 22.6 Å². The van der Waals surface area contributed by atoms with Crippen molar-refractivity contribution in [3.63, 3.8) is 0 Å². The summed E-state index contributed by atoms with van der Waals surface area (Å²) < 4.78 is 73.3. The van der Waals surface area contributed by atoms with Crippen molar-refractivity contribution < 1.29 is 51.4 Å².